The van der Waals surface area contributed by atoms with Crippen LogP contribution in [0.25, 0.3) is 0 Å². The minimum atomic E-state index is -0.303. The number of halogens is 1. The zero-order chi connectivity index (χ0) is 13.8. The lowest BCUT2D eigenvalue weighted by atomic mass is 10.1. The number of thiophene rings is 1. The number of aromatic nitrogens is 2. The molecule has 2 aromatic rings. The van der Waals surface area contributed by atoms with Crippen LogP contribution in [0.3, 0.4) is 0 Å². The Hall–Kier alpha value is -1.66. The van der Waals surface area contributed by atoms with Crippen molar-refractivity contribution in [3.63, 3.8) is 0 Å². The SMILES string of the molecule is COc1ncncc1NC(=O)[C@H](C)c1ccc(Cl)s1. The van der Waals surface area contributed by atoms with Crippen molar-refractivity contribution in [2.24, 2.45) is 0 Å². The highest BCUT2D eigenvalue weighted by atomic mass is 35.5. The third kappa shape index (κ3) is 3.21. The summed E-state index contributed by atoms with van der Waals surface area (Å²) < 4.78 is 5.71. The predicted molar refractivity (Wildman–Crippen MR) is 75.0 cm³/mol. The molecule has 100 valence electrons. The lowest BCUT2D eigenvalue weighted by Crippen LogP contribution is -2.18. The zero-order valence-corrected chi connectivity index (χ0v) is 12.0. The van der Waals surface area contributed by atoms with Gasteiger partial charge in [0.25, 0.3) is 0 Å². The van der Waals surface area contributed by atoms with Crippen LogP contribution in [0.2, 0.25) is 4.34 Å². The summed E-state index contributed by atoms with van der Waals surface area (Å²) in [5.41, 5.74) is 0.449. The third-order valence-electron chi connectivity index (χ3n) is 2.54. The first kappa shape index (κ1) is 13.8. The average Bonchev–Trinajstić information content (AvgIpc) is 2.85. The topological polar surface area (TPSA) is 64.1 Å². The first-order chi connectivity index (χ1) is 9.11. The van der Waals surface area contributed by atoms with Gasteiger partial charge >= 0.3 is 0 Å². The van der Waals surface area contributed by atoms with E-state index in [1.807, 2.05) is 13.0 Å². The zero-order valence-electron chi connectivity index (χ0n) is 10.4. The van der Waals surface area contributed by atoms with Crippen LogP contribution < -0.4 is 10.1 Å². The number of amides is 1. The highest BCUT2D eigenvalue weighted by Crippen LogP contribution is 2.29. The van der Waals surface area contributed by atoms with Crippen molar-refractivity contribution in [3.8, 4) is 5.88 Å². The molecule has 1 atom stereocenters. The number of rotatable bonds is 4. The van der Waals surface area contributed by atoms with E-state index < -0.39 is 0 Å². The largest absolute Gasteiger partial charge is 0.479 e. The molecule has 0 aliphatic carbocycles. The number of hydrogen-bond donors (Lipinski definition) is 1. The monoisotopic (exact) mass is 297 g/mol. The van der Waals surface area contributed by atoms with E-state index in [2.05, 4.69) is 15.3 Å². The van der Waals surface area contributed by atoms with E-state index in [0.29, 0.717) is 15.9 Å². The van der Waals surface area contributed by atoms with Crippen molar-refractivity contribution >= 4 is 34.5 Å². The lowest BCUT2D eigenvalue weighted by molar-refractivity contribution is -0.117. The molecule has 1 amide bonds. The average molecular weight is 298 g/mol. The van der Waals surface area contributed by atoms with Gasteiger partial charge in [-0.15, -0.1) is 11.3 Å². The molecular formula is C12H12ClN3O2S. The van der Waals surface area contributed by atoms with Crippen molar-refractivity contribution < 1.29 is 9.53 Å². The molecular weight excluding hydrogens is 286 g/mol. The van der Waals surface area contributed by atoms with Gasteiger partial charge in [0.05, 0.1) is 23.6 Å². The molecule has 0 bridgehead atoms. The summed E-state index contributed by atoms with van der Waals surface area (Å²) in [7, 11) is 1.49. The van der Waals surface area contributed by atoms with Crippen LogP contribution in [0.4, 0.5) is 5.69 Å². The summed E-state index contributed by atoms with van der Waals surface area (Å²) >= 11 is 7.25. The van der Waals surface area contributed by atoms with E-state index in [9.17, 15) is 4.79 Å². The Labute approximate surface area is 119 Å². The van der Waals surface area contributed by atoms with E-state index in [1.54, 1.807) is 6.07 Å². The fraction of sp³-hybridized carbons (Fsp3) is 0.250. The maximum Gasteiger partial charge on any atom is 0.240 e. The maximum atomic E-state index is 12.1. The molecule has 0 aromatic carbocycles. The van der Waals surface area contributed by atoms with Crippen LogP contribution in [0.1, 0.15) is 17.7 Å². The Morgan fingerprint density at radius 3 is 2.95 bits per heavy atom. The molecule has 0 aliphatic heterocycles. The molecule has 0 saturated heterocycles. The molecule has 0 spiro atoms. The van der Waals surface area contributed by atoms with Crippen LogP contribution >= 0.6 is 22.9 Å². The Morgan fingerprint density at radius 1 is 1.53 bits per heavy atom. The van der Waals surface area contributed by atoms with Crippen molar-refractivity contribution in [2.45, 2.75) is 12.8 Å². The van der Waals surface area contributed by atoms with Crippen molar-refractivity contribution in [3.05, 3.63) is 33.9 Å². The van der Waals surface area contributed by atoms with E-state index >= 15 is 0 Å². The number of nitrogens with one attached hydrogen (secondary N) is 1. The number of nitrogens with zero attached hydrogens (tertiary/aromatic N) is 2. The van der Waals surface area contributed by atoms with E-state index in [1.165, 1.54) is 31.0 Å². The quantitative estimate of drug-likeness (QED) is 0.942. The summed E-state index contributed by atoms with van der Waals surface area (Å²) in [6.45, 7) is 1.81. The van der Waals surface area contributed by atoms with Crippen molar-refractivity contribution in [1.29, 1.82) is 0 Å². The number of carbonyl (C=O) groups excluding carboxylic acids is 1. The van der Waals surface area contributed by atoms with Gasteiger partial charge in [0, 0.05) is 4.88 Å². The van der Waals surface area contributed by atoms with Gasteiger partial charge < -0.3 is 10.1 Å². The third-order valence-corrected chi connectivity index (χ3v) is 3.95. The summed E-state index contributed by atoms with van der Waals surface area (Å²) in [6, 6.07) is 3.62. The van der Waals surface area contributed by atoms with Gasteiger partial charge in [-0.1, -0.05) is 11.6 Å². The molecule has 2 rings (SSSR count). The lowest BCUT2D eigenvalue weighted by Gasteiger charge is -2.11. The maximum absolute atomic E-state index is 12.1. The molecule has 2 aromatic heterocycles. The molecule has 0 radical (unpaired) electrons. The van der Waals surface area contributed by atoms with Gasteiger partial charge in [0.15, 0.2) is 0 Å². The molecule has 0 unspecified atom stereocenters. The van der Waals surface area contributed by atoms with Crippen LogP contribution in [-0.2, 0) is 4.79 Å². The summed E-state index contributed by atoms with van der Waals surface area (Å²) in [5, 5.41) is 2.74. The number of hydrogen-bond acceptors (Lipinski definition) is 5. The van der Waals surface area contributed by atoms with Crippen LogP contribution in [-0.4, -0.2) is 23.0 Å². The normalized spacial score (nSPS) is 11.9. The fourth-order valence-corrected chi connectivity index (χ4v) is 2.61. The summed E-state index contributed by atoms with van der Waals surface area (Å²) in [5.74, 6) is -0.131. The number of anilines is 1. The Kier molecular flexibility index (Phi) is 4.34. The highest BCUT2D eigenvalue weighted by Gasteiger charge is 2.19. The highest BCUT2D eigenvalue weighted by molar-refractivity contribution is 7.16. The van der Waals surface area contributed by atoms with Gasteiger partial charge in [0.2, 0.25) is 11.8 Å². The number of carbonyl (C=O) groups is 1. The molecule has 5 nitrogen and oxygen atoms in total. The molecule has 0 saturated carbocycles. The summed E-state index contributed by atoms with van der Waals surface area (Å²) in [6.07, 6.45) is 2.86. The van der Waals surface area contributed by atoms with Gasteiger partial charge in [-0.3, -0.25) is 4.79 Å². The Morgan fingerprint density at radius 2 is 2.32 bits per heavy atom. The first-order valence-electron chi connectivity index (χ1n) is 5.52. The minimum absolute atomic E-state index is 0.161. The standard InChI is InChI=1S/C12H12ClN3O2S/c1-7(9-3-4-10(13)19-9)11(17)16-8-5-14-6-15-12(8)18-2/h3-7H,1-2H3,(H,16,17)/t7-/m1/s1. The fourth-order valence-electron chi connectivity index (χ4n) is 1.50. The van der Waals surface area contributed by atoms with Crippen molar-refractivity contribution in [1.82, 2.24) is 9.97 Å². The second-order valence-corrected chi connectivity index (χ2v) is 5.55. The number of methoxy groups -OCH3 is 1. The smallest absolute Gasteiger partial charge is 0.240 e. The van der Waals surface area contributed by atoms with Crippen LogP contribution in [0, 0.1) is 0 Å². The molecule has 19 heavy (non-hydrogen) atoms. The van der Waals surface area contributed by atoms with Gasteiger partial charge in [-0.25, -0.2) is 4.98 Å². The first-order valence-corrected chi connectivity index (χ1v) is 6.71. The number of ether oxygens (including phenoxy) is 1. The van der Waals surface area contributed by atoms with Gasteiger partial charge in [-0.05, 0) is 19.1 Å². The second kappa shape index (κ2) is 5.99. The minimum Gasteiger partial charge on any atom is -0.479 e. The predicted octanol–water partition coefficient (Wildman–Crippen LogP) is 2.94. The van der Waals surface area contributed by atoms with Crippen LogP contribution in [0.5, 0.6) is 5.88 Å². The van der Waals surface area contributed by atoms with Gasteiger partial charge in [-0.2, -0.15) is 4.98 Å². The van der Waals surface area contributed by atoms with Crippen molar-refractivity contribution in [2.75, 3.05) is 12.4 Å². The van der Waals surface area contributed by atoms with E-state index in [-0.39, 0.29) is 11.8 Å². The molecule has 1 N–H and O–H groups in total. The van der Waals surface area contributed by atoms with E-state index in [4.69, 9.17) is 16.3 Å². The molecule has 0 fully saturated rings. The molecule has 2 heterocycles. The molecule has 0 aliphatic rings. The van der Waals surface area contributed by atoms with E-state index in [0.717, 1.165) is 4.88 Å². The second-order valence-electron chi connectivity index (χ2n) is 3.80. The molecule has 7 heteroatoms. The Balaban J connectivity index is 2.12. The van der Waals surface area contributed by atoms with Gasteiger partial charge in [0.1, 0.15) is 12.0 Å². The summed E-state index contributed by atoms with van der Waals surface area (Å²) in [4.78, 5) is 20.8. The Bertz CT molecular complexity index is 588. The van der Waals surface area contributed by atoms with Crippen LogP contribution in [0.15, 0.2) is 24.7 Å².